The fourth-order valence-electron chi connectivity index (χ4n) is 1.55. The first kappa shape index (κ1) is 10.2. The highest BCUT2D eigenvalue weighted by atomic mass is 16.5. The van der Waals surface area contributed by atoms with Gasteiger partial charge in [-0.05, 0) is 26.7 Å². The third-order valence-electron chi connectivity index (χ3n) is 2.17. The van der Waals surface area contributed by atoms with Crippen LogP contribution in [0.4, 0.5) is 0 Å². The summed E-state index contributed by atoms with van der Waals surface area (Å²) in [5, 5.41) is 0. The summed E-state index contributed by atoms with van der Waals surface area (Å²) in [6.45, 7) is 3.64. The summed E-state index contributed by atoms with van der Waals surface area (Å²) in [4.78, 5) is 22.4. The number of ketones is 1. The Balaban J connectivity index is 2.41. The molecule has 3 nitrogen and oxygen atoms in total. The van der Waals surface area contributed by atoms with E-state index in [0.717, 1.165) is 12.8 Å². The van der Waals surface area contributed by atoms with Crippen molar-refractivity contribution in [1.29, 1.82) is 0 Å². The first-order chi connectivity index (χ1) is 6.09. The molecule has 74 valence electrons. The Labute approximate surface area is 78.5 Å². The van der Waals surface area contributed by atoms with Crippen LogP contribution in [0.1, 0.15) is 39.5 Å². The van der Waals surface area contributed by atoms with Crippen molar-refractivity contribution in [2.45, 2.75) is 45.6 Å². The molecular weight excluding hydrogens is 168 g/mol. The van der Waals surface area contributed by atoms with Crippen molar-refractivity contribution < 1.29 is 14.3 Å². The molecule has 0 aliphatic heterocycles. The van der Waals surface area contributed by atoms with E-state index in [1.807, 2.05) is 13.8 Å². The number of rotatable bonds is 2. The van der Waals surface area contributed by atoms with Crippen LogP contribution in [0.5, 0.6) is 0 Å². The first-order valence-corrected chi connectivity index (χ1v) is 4.82. The van der Waals surface area contributed by atoms with Gasteiger partial charge in [-0.15, -0.1) is 0 Å². The summed E-state index contributed by atoms with van der Waals surface area (Å²) in [6.07, 6.45) is 2.56. The molecule has 0 amide bonds. The number of hydrogen-bond donors (Lipinski definition) is 0. The quantitative estimate of drug-likeness (QED) is 0.613. The molecule has 0 N–H and O–H groups in total. The van der Waals surface area contributed by atoms with Gasteiger partial charge in [-0.1, -0.05) is 0 Å². The minimum atomic E-state index is -0.206. The van der Waals surface area contributed by atoms with Gasteiger partial charge in [0.1, 0.15) is 5.78 Å². The van der Waals surface area contributed by atoms with Crippen molar-refractivity contribution in [3.63, 3.8) is 0 Å². The van der Waals surface area contributed by atoms with Crippen LogP contribution < -0.4 is 0 Å². The van der Waals surface area contributed by atoms with E-state index in [4.69, 9.17) is 4.74 Å². The fraction of sp³-hybridized carbons (Fsp3) is 0.800. The van der Waals surface area contributed by atoms with Crippen LogP contribution in [0.25, 0.3) is 0 Å². The molecule has 0 aromatic carbocycles. The lowest BCUT2D eigenvalue weighted by Gasteiger charge is -2.20. The van der Waals surface area contributed by atoms with Gasteiger partial charge in [0.2, 0.25) is 0 Å². The zero-order valence-corrected chi connectivity index (χ0v) is 8.21. The molecule has 0 heterocycles. The van der Waals surface area contributed by atoms with E-state index in [-0.39, 0.29) is 23.8 Å². The predicted octanol–water partition coefficient (Wildman–Crippen LogP) is 1.70. The van der Waals surface area contributed by atoms with Crippen molar-refractivity contribution in [2.24, 2.45) is 5.92 Å². The van der Waals surface area contributed by atoms with E-state index in [1.54, 1.807) is 0 Å². The van der Waals surface area contributed by atoms with Crippen LogP contribution in [0.2, 0.25) is 0 Å². The minimum absolute atomic E-state index is 0.0791. The van der Waals surface area contributed by atoms with Crippen LogP contribution in [-0.2, 0) is 14.3 Å². The molecule has 1 rings (SSSR count). The topological polar surface area (TPSA) is 43.4 Å². The van der Waals surface area contributed by atoms with Crippen molar-refractivity contribution >= 4 is 11.8 Å². The minimum Gasteiger partial charge on any atom is -0.463 e. The number of carbonyl (C=O) groups is 2. The highest BCUT2D eigenvalue weighted by molar-refractivity contribution is 5.85. The highest BCUT2D eigenvalue weighted by Gasteiger charge is 2.27. The van der Waals surface area contributed by atoms with E-state index in [2.05, 4.69) is 0 Å². The van der Waals surface area contributed by atoms with E-state index >= 15 is 0 Å². The maximum atomic E-state index is 11.4. The molecule has 1 unspecified atom stereocenters. The third kappa shape index (κ3) is 3.17. The largest absolute Gasteiger partial charge is 0.463 e. The van der Waals surface area contributed by atoms with Crippen LogP contribution in [-0.4, -0.2) is 17.9 Å². The van der Waals surface area contributed by atoms with E-state index in [0.29, 0.717) is 12.8 Å². The van der Waals surface area contributed by atoms with Crippen molar-refractivity contribution in [1.82, 2.24) is 0 Å². The van der Waals surface area contributed by atoms with Gasteiger partial charge in [-0.2, -0.15) is 0 Å². The van der Waals surface area contributed by atoms with E-state index in [1.165, 1.54) is 0 Å². The zero-order valence-electron chi connectivity index (χ0n) is 8.21. The number of esters is 1. The predicted molar refractivity (Wildman–Crippen MR) is 48.2 cm³/mol. The summed E-state index contributed by atoms with van der Waals surface area (Å²) in [5.74, 6) is -0.191. The average molecular weight is 184 g/mol. The van der Waals surface area contributed by atoms with Gasteiger partial charge in [0.05, 0.1) is 12.0 Å². The number of ether oxygens (including phenoxy) is 1. The second-order valence-electron chi connectivity index (χ2n) is 3.82. The normalized spacial score (nSPS) is 23.3. The Morgan fingerprint density at radius 2 is 2.23 bits per heavy atom. The Morgan fingerprint density at radius 1 is 1.54 bits per heavy atom. The molecule has 0 radical (unpaired) electrons. The molecular formula is C10H16O3. The molecule has 0 saturated heterocycles. The summed E-state index contributed by atoms with van der Waals surface area (Å²) in [7, 11) is 0. The molecule has 0 spiro atoms. The van der Waals surface area contributed by atoms with Gasteiger partial charge in [-0.3, -0.25) is 9.59 Å². The van der Waals surface area contributed by atoms with Crippen LogP contribution >= 0.6 is 0 Å². The fourth-order valence-corrected chi connectivity index (χ4v) is 1.55. The molecule has 13 heavy (non-hydrogen) atoms. The molecule has 0 aromatic rings. The average Bonchev–Trinajstić information content (AvgIpc) is 2.03. The smallest absolute Gasteiger partial charge is 0.309 e. The molecule has 3 heteroatoms. The van der Waals surface area contributed by atoms with Crippen molar-refractivity contribution in [3.05, 3.63) is 0 Å². The number of hydrogen-bond acceptors (Lipinski definition) is 3. The number of carbonyl (C=O) groups excluding carboxylic acids is 2. The molecule has 1 aliphatic rings. The first-order valence-electron chi connectivity index (χ1n) is 4.82. The maximum absolute atomic E-state index is 11.4. The summed E-state index contributed by atoms with van der Waals surface area (Å²) in [6, 6.07) is 0. The summed E-state index contributed by atoms with van der Waals surface area (Å²) in [5.41, 5.74) is 0. The lowest BCUT2D eigenvalue weighted by atomic mass is 9.88. The molecule has 1 aliphatic carbocycles. The summed E-state index contributed by atoms with van der Waals surface area (Å²) < 4.78 is 5.05. The molecule has 1 saturated carbocycles. The van der Waals surface area contributed by atoms with Crippen LogP contribution in [0, 0.1) is 5.92 Å². The van der Waals surface area contributed by atoms with E-state index in [9.17, 15) is 9.59 Å². The van der Waals surface area contributed by atoms with Gasteiger partial charge < -0.3 is 4.74 Å². The second kappa shape index (κ2) is 4.40. The van der Waals surface area contributed by atoms with Gasteiger partial charge in [0, 0.05) is 12.8 Å². The van der Waals surface area contributed by atoms with Gasteiger partial charge in [0.25, 0.3) is 0 Å². The Hall–Kier alpha value is -0.860. The molecule has 0 bridgehead atoms. The standard InChI is InChI=1S/C10H16O3/c1-7(2)13-10(12)8-4-3-5-9(11)6-8/h7-8H,3-6H2,1-2H3. The molecule has 1 fully saturated rings. The van der Waals surface area contributed by atoms with Gasteiger partial charge in [0.15, 0.2) is 0 Å². The maximum Gasteiger partial charge on any atom is 0.309 e. The van der Waals surface area contributed by atoms with E-state index < -0.39 is 0 Å². The van der Waals surface area contributed by atoms with Crippen LogP contribution in [0.15, 0.2) is 0 Å². The third-order valence-corrected chi connectivity index (χ3v) is 2.17. The molecule has 1 atom stereocenters. The van der Waals surface area contributed by atoms with Crippen molar-refractivity contribution in [2.75, 3.05) is 0 Å². The van der Waals surface area contributed by atoms with Crippen molar-refractivity contribution in [3.8, 4) is 0 Å². The number of Topliss-reactive ketones (excluding diaryl/α,β-unsaturated/α-hetero) is 1. The Bertz CT molecular complexity index is 208. The summed E-state index contributed by atoms with van der Waals surface area (Å²) >= 11 is 0. The lowest BCUT2D eigenvalue weighted by Crippen LogP contribution is -2.26. The second-order valence-corrected chi connectivity index (χ2v) is 3.82. The van der Waals surface area contributed by atoms with Gasteiger partial charge >= 0.3 is 5.97 Å². The van der Waals surface area contributed by atoms with Crippen LogP contribution in [0.3, 0.4) is 0 Å². The SMILES string of the molecule is CC(C)OC(=O)C1CCCC(=O)C1. The zero-order chi connectivity index (χ0) is 9.84. The van der Waals surface area contributed by atoms with Gasteiger partial charge in [-0.25, -0.2) is 0 Å². The Morgan fingerprint density at radius 3 is 2.77 bits per heavy atom. The molecule has 0 aromatic heterocycles. The Kier molecular flexibility index (Phi) is 3.46. The monoisotopic (exact) mass is 184 g/mol. The lowest BCUT2D eigenvalue weighted by molar-refractivity contribution is -0.155. The highest BCUT2D eigenvalue weighted by Crippen LogP contribution is 2.22.